The van der Waals surface area contributed by atoms with Gasteiger partial charge in [0.1, 0.15) is 5.75 Å². The van der Waals surface area contributed by atoms with Crippen LogP contribution in [0, 0.1) is 5.92 Å². The third-order valence-corrected chi connectivity index (χ3v) is 5.53. The molecular formula is C17H23NO4S2. The third kappa shape index (κ3) is 5.59. The largest absolute Gasteiger partial charge is 0.493 e. The van der Waals surface area contributed by atoms with Gasteiger partial charge in [0.25, 0.3) is 0 Å². The van der Waals surface area contributed by atoms with Crippen LogP contribution in [0.3, 0.4) is 0 Å². The van der Waals surface area contributed by atoms with Gasteiger partial charge in [0.05, 0.1) is 17.6 Å². The summed E-state index contributed by atoms with van der Waals surface area (Å²) >= 11 is 1.50. The average Bonchev–Trinajstić information content (AvgIpc) is 3.07. The van der Waals surface area contributed by atoms with Crippen LogP contribution in [-0.2, 0) is 10.0 Å². The lowest BCUT2D eigenvalue weighted by Gasteiger charge is -2.12. The Morgan fingerprint density at radius 3 is 2.50 bits per heavy atom. The molecule has 0 amide bonds. The molecule has 1 heterocycles. The van der Waals surface area contributed by atoms with E-state index in [9.17, 15) is 13.5 Å². The minimum absolute atomic E-state index is 0.172. The van der Waals surface area contributed by atoms with Gasteiger partial charge in [-0.3, -0.25) is 0 Å². The molecule has 1 aromatic heterocycles. The van der Waals surface area contributed by atoms with Crippen molar-refractivity contribution in [3.8, 4) is 5.75 Å². The van der Waals surface area contributed by atoms with Crippen LogP contribution < -0.4 is 9.46 Å². The van der Waals surface area contributed by atoms with E-state index in [0.717, 1.165) is 5.56 Å². The highest BCUT2D eigenvalue weighted by molar-refractivity contribution is 7.89. The highest BCUT2D eigenvalue weighted by atomic mass is 32.2. The van der Waals surface area contributed by atoms with E-state index in [0.29, 0.717) is 24.7 Å². The first-order valence-corrected chi connectivity index (χ1v) is 10.2. The Morgan fingerprint density at radius 1 is 1.21 bits per heavy atom. The SMILES string of the molecule is CC(C)COc1ccc(S(=O)(=O)NCCC(O)c2ccsc2)cc1. The molecular weight excluding hydrogens is 346 g/mol. The van der Waals surface area contributed by atoms with Crippen LogP contribution in [0.5, 0.6) is 5.75 Å². The number of thiophene rings is 1. The predicted molar refractivity (Wildman–Crippen MR) is 95.9 cm³/mol. The van der Waals surface area contributed by atoms with Crippen LogP contribution in [0.15, 0.2) is 46.0 Å². The van der Waals surface area contributed by atoms with E-state index in [-0.39, 0.29) is 11.4 Å². The molecule has 7 heteroatoms. The number of aliphatic hydroxyl groups excluding tert-OH is 1. The van der Waals surface area contributed by atoms with Crippen LogP contribution in [0.25, 0.3) is 0 Å². The summed E-state index contributed by atoms with van der Waals surface area (Å²) in [6, 6.07) is 8.18. The first kappa shape index (κ1) is 18.9. The molecule has 0 saturated carbocycles. The van der Waals surface area contributed by atoms with Gasteiger partial charge in [-0.2, -0.15) is 11.3 Å². The van der Waals surface area contributed by atoms with E-state index < -0.39 is 16.1 Å². The van der Waals surface area contributed by atoms with Gasteiger partial charge in [-0.15, -0.1) is 0 Å². The number of benzene rings is 1. The molecule has 0 spiro atoms. The van der Waals surface area contributed by atoms with Crippen molar-refractivity contribution in [2.24, 2.45) is 5.92 Å². The van der Waals surface area contributed by atoms with Crippen molar-refractivity contribution in [2.75, 3.05) is 13.2 Å². The lowest BCUT2D eigenvalue weighted by molar-refractivity contribution is 0.169. The molecule has 2 N–H and O–H groups in total. The average molecular weight is 370 g/mol. The van der Waals surface area contributed by atoms with Gasteiger partial charge in [0.2, 0.25) is 10.0 Å². The normalized spacial score (nSPS) is 13.2. The second-order valence-corrected chi connectivity index (χ2v) is 8.48. The standard InChI is InChI=1S/C17H23NO4S2/c1-13(2)11-22-15-3-5-16(6-4-15)24(20,21)18-9-7-17(19)14-8-10-23-12-14/h3-6,8,10,12-13,17-19H,7,9,11H2,1-2H3. The highest BCUT2D eigenvalue weighted by Gasteiger charge is 2.15. The number of aliphatic hydroxyl groups is 1. The van der Waals surface area contributed by atoms with E-state index in [4.69, 9.17) is 4.74 Å². The Morgan fingerprint density at radius 2 is 1.92 bits per heavy atom. The zero-order chi connectivity index (χ0) is 17.6. The Bertz CT molecular complexity index is 710. The van der Waals surface area contributed by atoms with Crippen molar-refractivity contribution in [1.29, 1.82) is 0 Å². The van der Waals surface area contributed by atoms with Gasteiger partial charge < -0.3 is 9.84 Å². The molecule has 0 bridgehead atoms. The minimum atomic E-state index is -3.59. The number of hydrogen-bond donors (Lipinski definition) is 2. The first-order chi connectivity index (χ1) is 11.4. The molecule has 24 heavy (non-hydrogen) atoms. The number of hydrogen-bond acceptors (Lipinski definition) is 5. The third-order valence-electron chi connectivity index (χ3n) is 3.36. The minimum Gasteiger partial charge on any atom is -0.493 e. The number of rotatable bonds is 9. The van der Waals surface area contributed by atoms with Gasteiger partial charge in [0.15, 0.2) is 0 Å². The van der Waals surface area contributed by atoms with Crippen LogP contribution >= 0.6 is 11.3 Å². The maximum atomic E-state index is 12.2. The highest BCUT2D eigenvalue weighted by Crippen LogP contribution is 2.20. The van der Waals surface area contributed by atoms with Gasteiger partial charge >= 0.3 is 0 Å². The molecule has 2 rings (SSSR count). The summed E-state index contributed by atoms with van der Waals surface area (Å²) < 4.78 is 32.5. The van der Waals surface area contributed by atoms with Crippen LogP contribution in [-0.4, -0.2) is 26.7 Å². The van der Waals surface area contributed by atoms with E-state index in [1.54, 1.807) is 12.1 Å². The Kier molecular flexibility index (Phi) is 6.79. The Labute approximate surface area is 147 Å². The van der Waals surface area contributed by atoms with Crippen molar-refractivity contribution in [1.82, 2.24) is 4.72 Å². The van der Waals surface area contributed by atoms with Crippen molar-refractivity contribution in [3.63, 3.8) is 0 Å². The summed E-state index contributed by atoms with van der Waals surface area (Å²) in [6.45, 7) is 4.86. The van der Waals surface area contributed by atoms with E-state index in [1.165, 1.54) is 23.5 Å². The fourth-order valence-electron chi connectivity index (χ4n) is 2.02. The number of nitrogens with one attached hydrogen (secondary N) is 1. The molecule has 1 atom stereocenters. The fourth-order valence-corrected chi connectivity index (χ4v) is 3.78. The van der Waals surface area contributed by atoms with Crippen LogP contribution in [0.1, 0.15) is 31.9 Å². The Hall–Kier alpha value is -1.41. The fraction of sp³-hybridized carbons (Fsp3) is 0.412. The van der Waals surface area contributed by atoms with Crippen LogP contribution in [0.2, 0.25) is 0 Å². The second kappa shape index (κ2) is 8.62. The predicted octanol–water partition coefficient (Wildman–Crippen LogP) is 3.18. The molecule has 2 aromatic rings. The summed E-state index contributed by atoms with van der Waals surface area (Å²) in [7, 11) is -3.59. The zero-order valence-corrected chi connectivity index (χ0v) is 15.4. The number of ether oxygens (including phenoxy) is 1. The zero-order valence-electron chi connectivity index (χ0n) is 13.8. The molecule has 0 aliphatic heterocycles. The summed E-state index contributed by atoms with van der Waals surface area (Å²) in [5.74, 6) is 1.06. The molecule has 0 saturated heterocycles. The first-order valence-electron chi connectivity index (χ1n) is 7.81. The second-order valence-electron chi connectivity index (χ2n) is 5.94. The molecule has 0 radical (unpaired) electrons. The molecule has 1 aromatic carbocycles. The topological polar surface area (TPSA) is 75.6 Å². The number of sulfonamides is 1. The smallest absolute Gasteiger partial charge is 0.240 e. The van der Waals surface area contributed by atoms with E-state index in [2.05, 4.69) is 4.72 Å². The summed E-state index contributed by atoms with van der Waals surface area (Å²) in [5.41, 5.74) is 0.811. The van der Waals surface area contributed by atoms with Gasteiger partial charge in [0, 0.05) is 6.54 Å². The van der Waals surface area contributed by atoms with Crippen molar-refractivity contribution < 1.29 is 18.3 Å². The maximum absolute atomic E-state index is 12.2. The van der Waals surface area contributed by atoms with Crippen LogP contribution in [0.4, 0.5) is 0 Å². The quantitative estimate of drug-likeness (QED) is 0.712. The van der Waals surface area contributed by atoms with Gasteiger partial charge in [-0.1, -0.05) is 13.8 Å². The van der Waals surface area contributed by atoms with E-state index >= 15 is 0 Å². The maximum Gasteiger partial charge on any atom is 0.240 e. The van der Waals surface area contributed by atoms with Gasteiger partial charge in [-0.05, 0) is 59.0 Å². The van der Waals surface area contributed by atoms with Crippen molar-refractivity contribution in [3.05, 3.63) is 46.7 Å². The molecule has 0 aliphatic rings. The molecule has 5 nitrogen and oxygen atoms in total. The monoisotopic (exact) mass is 369 g/mol. The molecule has 1 unspecified atom stereocenters. The molecule has 0 aliphatic carbocycles. The summed E-state index contributed by atoms with van der Waals surface area (Å²) in [4.78, 5) is 0.185. The van der Waals surface area contributed by atoms with Crippen molar-refractivity contribution in [2.45, 2.75) is 31.3 Å². The summed E-state index contributed by atoms with van der Waals surface area (Å²) in [5, 5.41) is 13.7. The van der Waals surface area contributed by atoms with Crippen molar-refractivity contribution >= 4 is 21.4 Å². The molecule has 0 fully saturated rings. The van der Waals surface area contributed by atoms with Gasteiger partial charge in [-0.25, -0.2) is 13.1 Å². The molecule has 132 valence electrons. The van der Waals surface area contributed by atoms with E-state index in [1.807, 2.05) is 30.7 Å². The summed E-state index contributed by atoms with van der Waals surface area (Å²) in [6.07, 6.45) is -0.336. The lowest BCUT2D eigenvalue weighted by Crippen LogP contribution is -2.25. The Balaban J connectivity index is 1.88. The lowest BCUT2D eigenvalue weighted by atomic mass is 10.1.